The molecule has 0 spiro atoms. The molecule has 6 nitrogen and oxygen atoms in total. The molecular formula is C13H16N4O2. The van der Waals surface area contributed by atoms with Crippen LogP contribution in [0, 0.1) is 6.92 Å². The molecule has 1 heterocycles. The normalized spacial score (nSPS) is 10.5. The maximum atomic E-state index is 12.0. The molecule has 2 aromatic rings. The van der Waals surface area contributed by atoms with Gasteiger partial charge in [0.25, 0.3) is 0 Å². The van der Waals surface area contributed by atoms with E-state index in [4.69, 9.17) is 10.5 Å². The first-order valence-corrected chi connectivity index (χ1v) is 5.98. The highest BCUT2D eigenvalue weighted by atomic mass is 16.5. The van der Waals surface area contributed by atoms with Crippen molar-refractivity contribution in [3.63, 3.8) is 0 Å². The minimum atomic E-state index is -0.448. The smallest absolute Gasteiger partial charge is 0.340 e. The zero-order valence-corrected chi connectivity index (χ0v) is 11.2. The van der Waals surface area contributed by atoms with Gasteiger partial charge in [-0.2, -0.15) is 0 Å². The number of hydrogen-bond donors (Lipinski definition) is 1. The van der Waals surface area contributed by atoms with Gasteiger partial charge in [0.2, 0.25) is 0 Å². The van der Waals surface area contributed by atoms with Gasteiger partial charge in [-0.3, -0.25) is 0 Å². The highest BCUT2D eigenvalue weighted by Crippen LogP contribution is 2.27. The van der Waals surface area contributed by atoms with Crippen molar-refractivity contribution in [1.29, 1.82) is 0 Å². The molecule has 0 unspecified atom stereocenters. The number of rotatable bonds is 3. The Morgan fingerprint density at radius 3 is 2.74 bits per heavy atom. The summed E-state index contributed by atoms with van der Waals surface area (Å²) in [5.74, 6) is 0.899. The number of esters is 1. The van der Waals surface area contributed by atoms with Gasteiger partial charge < -0.3 is 15.0 Å². The third kappa shape index (κ3) is 2.29. The standard InChI is InChI=1S/C13H16N4O2/c1-4-19-13(18)11-9(6-5-7-10(11)14)12-16-15-8(2)17(12)3/h5-7H,4,14H2,1-3H3. The Balaban J connectivity index is 2.61. The number of aryl methyl sites for hydroxylation is 1. The first kappa shape index (κ1) is 13.1. The van der Waals surface area contributed by atoms with Crippen molar-refractivity contribution in [3.05, 3.63) is 29.6 Å². The third-order valence-electron chi connectivity index (χ3n) is 2.91. The summed E-state index contributed by atoms with van der Waals surface area (Å²) in [6.45, 7) is 3.89. The van der Waals surface area contributed by atoms with E-state index in [0.29, 0.717) is 29.2 Å². The second-order valence-electron chi connectivity index (χ2n) is 4.12. The predicted octanol–water partition coefficient (Wildman–Crippen LogP) is 1.55. The van der Waals surface area contributed by atoms with Crippen LogP contribution in [0.5, 0.6) is 0 Å². The summed E-state index contributed by atoms with van der Waals surface area (Å²) in [5, 5.41) is 8.07. The molecule has 0 aliphatic heterocycles. The second kappa shape index (κ2) is 5.09. The zero-order valence-electron chi connectivity index (χ0n) is 11.2. The molecule has 0 fully saturated rings. The molecule has 1 aromatic carbocycles. The molecule has 0 atom stereocenters. The van der Waals surface area contributed by atoms with Gasteiger partial charge in [0.15, 0.2) is 5.82 Å². The molecule has 6 heteroatoms. The van der Waals surface area contributed by atoms with Crippen molar-refractivity contribution < 1.29 is 9.53 Å². The minimum Gasteiger partial charge on any atom is -0.462 e. The molecule has 0 aliphatic rings. The van der Waals surface area contributed by atoms with Crippen LogP contribution in [0.3, 0.4) is 0 Å². The lowest BCUT2D eigenvalue weighted by atomic mass is 10.0. The fraction of sp³-hybridized carbons (Fsp3) is 0.308. The summed E-state index contributed by atoms with van der Waals surface area (Å²) in [5.41, 5.74) is 7.22. The molecular weight excluding hydrogens is 244 g/mol. The molecule has 100 valence electrons. The van der Waals surface area contributed by atoms with Gasteiger partial charge in [-0.1, -0.05) is 12.1 Å². The van der Waals surface area contributed by atoms with Crippen molar-refractivity contribution in [2.75, 3.05) is 12.3 Å². The Labute approximate surface area is 111 Å². The highest BCUT2D eigenvalue weighted by molar-refractivity contribution is 6.01. The number of carbonyl (C=O) groups is 1. The van der Waals surface area contributed by atoms with Crippen LogP contribution in [0.1, 0.15) is 23.1 Å². The van der Waals surface area contributed by atoms with Gasteiger partial charge in [-0.15, -0.1) is 10.2 Å². The van der Waals surface area contributed by atoms with Crippen molar-refractivity contribution in [2.45, 2.75) is 13.8 Å². The molecule has 19 heavy (non-hydrogen) atoms. The fourth-order valence-corrected chi connectivity index (χ4v) is 1.83. The van der Waals surface area contributed by atoms with Crippen LogP contribution in [0.2, 0.25) is 0 Å². The van der Waals surface area contributed by atoms with E-state index in [-0.39, 0.29) is 0 Å². The first-order valence-electron chi connectivity index (χ1n) is 5.98. The average molecular weight is 260 g/mol. The van der Waals surface area contributed by atoms with E-state index < -0.39 is 5.97 Å². The van der Waals surface area contributed by atoms with Gasteiger partial charge >= 0.3 is 5.97 Å². The van der Waals surface area contributed by atoms with E-state index in [1.54, 1.807) is 29.7 Å². The van der Waals surface area contributed by atoms with Crippen molar-refractivity contribution >= 4 is 11.7 Å². The Kier molecular flexibility index (Phi) is 3.50. The van der Waals surface area contributed by atoms with E-state index in [0.717, 1.165) is 5.82 Å². The van der Waals surface area contributed by atoms with E-state index in [9.17, 15) is 4.79 Å². The number of aromatic nitrogens is 3. The summed E-state index contributed by atoms with van der Waals surface area (Å²) in [6.07, 6.45) is 0. The summed E-state index contributed by atoms with van der Waals surface area (Å²) < 4.78 is 6.84. The van der Waals surface area contributed by atoms with Crippen LogP contribution in [-0.4, -0.2) is 27.3 Å². The monoisotopic (exact) mass is 260 g/mol. The van der Waals surface area contributed by atoms with Crippen LogP contribution >= 0.6 is 0 Å². The van der Waals surface area contributed by atoms with Gasteiger partial charge in [0.05, 0.1) is 12.2 Å². The summed E-state index contributed by atoms with van der Waals surface area (Å²) >= 11 is 0. The predicted molar refractivity (Wildman–Crippen MR) is 71.5 cm³/mol. The topological polar surface area (TPSA) is 83.0 Å². The van der Waals surface area contributed by atoms with Gasteiger partial charge in [-0.25, -0.2) is 4.79 Å². The maximum absolute atomic E-state index is 12.0. The molecule has 0 amide bonds. The molecule has 0 saturated heterocycles. The largest absolute Gasteiger partial charge is 0.462 e. The lowest BCUT2D eigenvalue weighted by Gasteiger charge is -2.10. The maximum Gasteiger partial charge on any atom is 0.340 e. The van der Waals surface area contributed by atoms with Crippen LogP contribution in [-0.2, 0) is 11.8 Å². The molecule has 0 saturated carbocycles. The van der Waals surface area contributed by atoms with E-state index in [1.165, 1.54) is 0 Å². The lowest BCUT2D eigenvalue weighted by molar-refractivity contribution is 0.0528. The number of nitrogen functional groups attached to an aromatic ring is 1. The van der Waals surface area contributed by atoms with E-state index in [1.807, 2.05) is 14.0 Å². The molecule has 2 N–H and O–H groups in total. The van der Waals surface area contributed by atoms with E-state index in [2.05, 4.69) is 10.2 Å². The number of carbonyl (C=O) groups excluding carboxylic acids is 1. The van der Waals surface area contributed by atoms with Crippen LogP contribution in [0.25, 0.3) is 11.4 Å². The first-order chi connectivity index (χ1) is 9.06. The minimum absolute atomic E-state index is 0.296. The van der Waals surface area contributed by atoms with Crippen molar-refractivity contribution in [3.8, 4) is 11.4 Å². The third-order valence-corrected chi connectivity index (χ3v) is 2.91. The van der Waals surface area contributed by atoms with Crippen LogP contribution < -0.4 is 5.73 Å². The SMILES string of the molecule is CCOC(=O)c1c(N)cccc1-c1nnc(C)n1C. The molecule has 0 radical (unpaired) electrons. The Morgan fingerprint density at radius 1 is 1.42 bits per heavy atom. The summed E-state index contributed by atoms with van der Waals surface area (Å²) in [7, 11) is 1.84. The quantitative estimate of drug-likeness (QED) is 0.668. The number of benzene rings is 1. The lowest BCUT2D eigenvalue weighted by Crippen LogP contribution is -2.11. The van der Waals surface area contributed by atoms with Gasteiger partial charge in [-0.05, 0) is 19.9 Å². The van der Waals surface area contributed by atoms with Crippen LogP contribution in [0.4, 0.5) is 5.69 Å². The molecule has 0 bridgehead atoms. The summed E-state index contributed by atoms with van der Waals surface area (Å²) in [6, 6.07) is 5.22. The number of ether oxygens (including phenoxy) is 1. The molecule has 0 aliphatic carbocycles. The highest BCUT2D eigenvalue weighted by Gasteiger charge is 2.20. The average Bonchev–Trinajstić information content (AvgIpc) is 2.70. The zero-order chi connectivity index (χ0) is 14.0. The number of hydrogen-bond acceptors (Lipinski definition) is 5. The number of nitrogens with two attached hydrogens (primary N) is 1. The van der Waals surface area contributed by atoms with Gasteiger partial charge in [0, 0.05) is 18.3 Å². The van der Waals surface area contributed by atoms with E-state index >= 15 is 0 Å². The number of nitrogens with zero attached hydrogens (tertiary/aromatic N) is 3. The summed E-state index contributed by atoms with van der Waals surface area (Å²) in [4.78, 5) is 12.0. The second-order valence-corrected chi connectivity index (χ2v) is 4.12. The Bertz CT molecular complexity index is 619. The van der Waals surface area contributed by atoms with Crippen LogP contribution in [0.15, 0.2) is 18.2 Å². The van der Waals surface area contributed by atoms with Gasteiger partial charge in [0.1, 0.15) is 5.82 Å². The number of anilines is 1. The molecule has 1 aromatic heterocycles. The van der Waals surface area contributed by atoms with Crippen molar-refractivity contribution in [2.24, 2.45) is 7.05 Å². The Hall–Kier alpha value is -2.37. The Morgan fingerprint density at radius 2 is 2.16 bits per heavy atom. The molecule has 2 rings (SSSR count). The van der Waals surface area contributed by atoms with Crippen molar-refractivity contribution in [1.82, 2.24) is 14.8 Å². The fourth-order valence-electron chi connectivity index (χ4n) is 1.83.